The van der Waals surface area contributed by atoms with Crippen LogP contribution in [-0.4, -0.2) is 31.8 Å². The summed E-state index contributed by atoms with van der Waals surface area (Å²) in [4.78, 5) is 10.1. The maximum Gasteiger partial charge on any atom is 0.227 e. The van der Waals surface area contributed by atoms with Gasteiger partial charge in [-0.3, -0.25) is 5.10 Å². The van der Waals surface area contributed by atoms with Gasteiger partial charge in [0.1, 0.15) is 0 Å². The number of benzene rings is 1. The first kappa shape index (κ1) is 23.6. The minimum atomic E-state index is 0.0687. The fraction of sp³-hybridized carbons (Fsp3) is 0.542. The summed E-state index contributed by atoms with van der Waals surface area (Å²) in [6, 6.07) is 5.95. The summed E-state index contributed by atoms with van der Waals surface area (Å²) in [5, 5.41) is 11.9. The molecule has 2 unspecified atom stereocenters. The second kappa shape index (κ2) is 9.73. The summed E-state index contributed by atoms with van der Waals surface area (Å²) < 4.78 is 2.20. The van der Waals surface area contributed by atoms with Crippen molar-refractivity contribution in [1.29, 1.82) is 0 Å². The third-order valence-corrected chi connectivity index (χ3v) is 6.68. The van der Waals surface area contributed by atoms with Crippen LogP contribution in [0.5, 0.6) is 0 Å². The monoisotopic (exact) mass is 470 g/mol. The smallest absolute Gasteiger partial charge is 0.227 e. The molecule has 2 aromatic heterocycles. The maximum atomic E-state index is 6.44. The van der Waals surface area contributed by atoms with Crippen molar-refractivity contribution < 1.29 is 0 Å². The molecule has 1 aliphatic carbocycles. The van der Waals surface area contributed by atoms with Crippen LogP contribution in [0.2, 0.25) is 5.02 Å². The number of rotatable bonds is 6. The van der Waals surface area contributed by atoms with E-state index in [-0.39, 0.29) is 24.0 Å². The molecule has 9 heteroatoms. The second-order valence-corrected chi connectivity index (χ2v) is 9.97. The van der Waals surface area contributed by atoms with Crippen LogP contribution in [0.4, 0.5) is 11.5 Å². The second-order valence-electron chi connectivity index (χ2n) is 9.57. The Kier molecular flexibility index (Phi) is 6.95. The van der Waals surface area contributed by atoms with E-state index in [2.05, 4.69) is 47.8 Å². The Morgan fingerprint density at radius 3 is 2.67 bits per heavy atom. The summed E-state index contributed by atoms with van der Waals surface area (Å²) in [6.07, 6.45) is 4.32. The quantitative estimate of drug-likeness (QED) is 0.395. The van der Waals surface area contributed by atoms with Crippen LogP contribution < -0.4 is 22.4 Å². The van der Waals surface area contributed by atoms with Crippen LogP contribution in [0.3, 0.4) is 0 Å². The number of aromatic amines is 1. The maximum absolute atomic E-state index is 6.44. The molecule has 33 heavy (non-hydrogen) atoms. The van der Waals surface area contributed by atoms with Crippen LogP contribution in [0.1, 0.15) is 76.6 Å². The molecule has 1 saturated carbocycles. The zero-order valence-electron chi connectivity index (χ0n) is 19.9. The van der Waals surface area contributed by atoms with Crippen LogP contribution in [0.25, 0.3) is 11.0 Å². The van der Waals surface area contributed by atoms with Crippen molar-refractivity contribution >= 4 is 34.1 Å². The molecule has 1 aliphatic rings. The number of fused-ring (bicyclic) bond motifs is 1. The van der Waals surface area contributed by atoms with E-state index < -0.39 is 0 Å². The number of hydrogen-bond donors (Lipinski definition) is 4. The van der Waals surface area contributed by atoms with E-state index in [0.29, 0.717) is 28.7 Å². The van der Waals surface area contributed by atoms with E-state index in [1.165, 1.54) is 6.42 Å². The van der Waals surface area contributed by atoms with Gasteiger partial charge in [0.05, 0.1) is 28.0 Å². The Morgan fingerprint density at radius 2 is 2.00 bits per heavy atom. The minimum Gasteiger partial charge on any atom is -0.398 e. The Balaban J connectivity index is 1.85. The molecule has 3 aromatic rings. The molecule has 0 spiro atoms. The SMILES string of the molecule is CC(C)c1[nH]nc2c(NCc3ccc(Cl)c(N)c3)nc(=NC3CCCCC3N)n(C(C)C)c12. The predicted molar refractivity (Wildman–Crippen MR) is 135 cm³/mol. The van der Waals surface area contributed by atoms with E-state index in [1.54, 1.807) is 0 Å². The first-order valence-corrected chi connectivity index (χ1v) is 12.2. The average Bonchev–Trinajstić information content (AvgIpc) is 3.21. The first-order chi connectivity index (χ1) is 15.8. The Hall–Kier alpha value is -2.58. The number of nitrogens with zero attached hydrogens (tertiary/aromatic N) is 4. The van der Waals surface area contributed by atoms with Crippen LogP contribution in [0, 0.1) is 0 Å². The molecule has 0 bridgehead atoms. The lowest BCUT2D eigenvalue weighted by atomic mass is 9.91. The molecule has 1 aromatic carbocycles. The van der Waals surface area contributed by atoms with Gasteiger partial charge >= 0.3 is 0 Å². The molecule has 1 fully saturated rings. The molecule has 4 rings (SSSR count). The number of halogens is 1. The Morgan fingerprint density at radius 1 is 1.24 bits per heavy atom. The molecule has 0 aliphatic heterocycles. The van der Waals surface area contributed by atoms with E-state index >= 15 is 0 Å². The standard InChI is InChI=1S/C24H35ClN8/c1-13(2)20-22-21(32-31-20)23(28-12-15-9-10-16(25)18(27)11-15)30-24(33(22)14(3)4)29-19-8-6-5-7-17(19)26/h9-11,13-14,17,19H,5-8,12,26-27H2,1-4H3,(H,31,32)(H,28,29,30). The van der Waals surface area contributed by atoms with E-state index in [1.807, 2.05) is 18.2 Å². The van der Waals surface area contributed by atoms with Crippen molar-refractivity contribution in [2.45, 2.75) is 84.0 Å². The molecule has 0 amide bonds. The summed E-state index contributed by atoms with van der Waals surface area (Å²) in [5.41, 5.74) is 17.6. The number of nitrogens with one attached hydrogen (secondary N) is 2. The van der Waals surface area contributed by atoms with Gasteiger partial charge in [-0.2, -0.15) is 10.1 Å². The van der Waals surface area contributed by atoms with Gasteiger partial charge in [0.15, 0.2) is 11.3 Å². The summed E-state index contributed by atoms with van der Waals surface area (Å²) in [5.74, 6) is 0.970. The van der Waals surface area contributed by atoms with Gasteiger partial charge in [0.2, 0.25) is 5.62 Å². The highest BCUT2D eigenvalue weighted by Crippen LogP contribution is 2.28. The number of aromatic nitrogens is 4. The third-order valence-electron chi connectivity index (χ3n) is 6.34. The van der Waals surface area contributed by atoms with E-state index in [4.69, 9.17) is 33.0 Å². The predicted octanol–water partition coefficient (Wildman–Crippen LogP) is 4.48. The van der Waals surface area contributed by atoms with Crippen LogP contribution >= 0.6 is 11.6 Å². The van der Waals surface area contributed by atoms with E-state index in [0.717, 1.165) is 41.6 Å². The normalized spacial score (nSPS) is 19.7. The summed E-state index contributed by atoms with van der Waals surface area (Å²) in [6.45, 7) is 9.18. The van der Waals surface area contributed by atoms with Crippen molar-refractivity contribution in [1.82, 2.24) is 19.7 Å². The number of nitrogens with two attached hydrogens (primary N) is 2. The largest absolute Gasteiger partial charge is 0.398 e. The highest BCUT2D eigenvalue weighted by molar-refractivity contribution is 6.33. The number of nitrogen functional groups attached to an aromatic ring is 1. The molecular formula is C24H35ClN8. The van der Waals surface area contributed by atoms with Gasteiger partial charge < -0.3 is 21.4 Å². The van der Waals surface area contributed by atoms with Gasteiger partial charge in [0.25, 0.3) is 0 Å². The van der Waals surface area contributed by atoms with Crippen LogP contribution in [0.15, 0.2) is 23.2 Å². The number of hydrogen-bond acceptors (Lipinski definition) is 6. The van der Waals surface area contributed by atoms with Crippen molar-refractivity contribution in [2.75, 3.05) is 11.1 Å². The zero-order chi connectivity index (χ0) is 23.7. The van der Waals surface area contributed by atoms with Crippen molar-refractivity contribution in [3.8, 4) is 0 Å². The van der Waals surface area contributed by atoms with Gasteiger partial charge in [0, 0.05) is 18.6 Å². The third kappa shape index (κ3) is 4.87. The van der Waals surface area contributed by atoms with Gasteiger partial charge in [-0.15, -0.1) is 0 Å². The highest BCUT2D eigenvalue weighted by atomic mass is 35.5. The summed E-state index contributed by atoms with van der Waals surface area (Å²) in [7, 11) is 0. The molecule has 6 N–H and O–H groups in total. The zero-order valence-corrected chi connectivity index (χ0v) is 20.7. The minimum absolute atomic E-state index is 0.0687. The number of anilines is 2. The molecule has 8 nitrogen and oxygen atoms in total. The lowest BCUT2D eigenvalue weighted by Gasteiger charge is -2.25. The fourth-order valence-electron chi connectivity index (χ4n) is 4.51. The summed E-state index contributed by atoms with van der Waals surface area (Å²) >= 11 is 6.08. The lowest BCUT2D eigenvalue weighted by Crippen LogP contribution is -2.39. The first-order valence-electron chi connectivity index (χ1n) is 11.8. The van der Waals surface area contributed by atoms with Gasteiger partial charge in [-0.1, -0.05) is 44.4 Å². The van der Waals surface area contributed by atoms with Gasteiger partial charge in [-0.25, -0.2) is 4.99 Å². The Bertz CT molecular complexity index is 1190. The fourth-order valence-corrected chi connectivity index (χ4v) is 4.63. The average molecular weight is 471 g/mol. The number of H-pyrrole nitrogens is 1. The molecule has 2 heterocycles. The van der Waals surface area contributed by atoms with Crippen LogP contribution in [-0.2, 0) is 6.54 Å². The Labute approximate surface area is 199 Å². The molecule has 2 atom stereocenters. The highest BCUT2D eigenvalue weighted by Gasteiger charge is 2.24. The molecule has 0 radical (unpaired) electrons. The molecule has 178 valence electrons. The lowest BCUT2D eigenvalue weighted by molar-refractivity contribution is 0.375. The topological polar surface area (TPSA) is 123 Å². The van der Waals surface area contributed by atoms with Crippen molar-refractivity contribution in [3.05, 3.63) is 40.1 Å². The van der Waals surface area contributed by atoms with Crippen molar-refractivity contribution in [3.63, 3.8) is 0 Å². The molecular weight excluding hydrogens is 436 g/mol. The van der Waals surface area contributed by atoms with Crippen molar-refractivity contribution in [2.24, 2.45) is 10.7 Å². The van der Waals surface area contributed by atoms with E-state index in [9.17, 15) is 0 Å². The van der Waals surface area contributed by atoms with Gasteiger partial charge in [-0.05, 0) is 50.3 Å². The molecule has 0 saturated heterocycles.